The highest BCUT2D eigenvalue weighted by Gasteiger charge is 2.17. The summed E-state index contributed by atoms with van der Waals surface area (Å²) in [6, 6.07) is 14.0. The van der Waals surface area contributed by atoms with Crippen molar-refractivity contribution in [2.24, 2.45) is 0 Å². The molecule has 1 aromatic heterocycles. The Labute approximate surface area is 167 Å². The second-order valence-corrected chi connectivity index (χ2v) is 6.41. The molecule has 0 bridgehead atoms. The van der Waals surface area contributed by atoms with Crippen LogP contribution in [0.3, 0.4) is 0 Å². The van der Waals surface area contributed by atoms with Gasteiger partial charge < -0.3 is 15.4 Å². The number of aromatic amines is 1. The first-order valence-corrected chi connectivity index (χ1v) is 8.81. The molecule has 2 aromatic carbocycles. The molecule has 2 amide bonds. The van der Waals surface area contributed by atoms with Gasteiger partial charge in [-0.15, -0.1) is 0 Å². The molecule has 0 fully saturated rings. The van der Waals surface area contributed by atoms with Crippen LogP contribution in [0.15, 0.2) is 48.5 Å². The van der Waals surface area contributed by atoms with Gasteiger partial charge >= 0.3 is 17.8 Å². The SMILES string of the molecule is COC(=O)c1ccc(NC(=O)C(=O)Nc2cc(-c3ccccc3C)[nH]n2)cc1C. The Morgan fingerprint density at radius 1 is 0.931 bits per heavy atom. The van der Waals surface area contributed by atoms with Crippen molar-refractivity contribution in [1.29, 1.82) is 0 Å². The number of anilines is 2. The lowest BCUT2D eigenvalue weighted by Crippen LogP contribution is -2.29. The summed E-state index contributed by atoms with van der Waals surface area (Å²) in [7, 11) is 1.29. The van der Waals surface area contributed by atoms with E-state index < -0.39 is 17.8 Å². The number of methoxy groups -OCH3 is 1. The number of benzene rings is 2. The fourth-order valence-electron chi connectivity index (χ4n) is 2.84. The van der Waals surface area contributed by atoms with Crippen LogP contribution in [0.5, 0.6) is 0 Å². The molecular weight excluding hydrogens is 372 g/mol. The standard InChI is InChI=1S/C21H20N4O4/c1-12-6-4-5-7-15(12)17-11-18(25-24-17)23-20(27)19(26)22-14-8-9-16(13(2)10-14)21(28)29-3/h4-11H,1-3H3,(H,22,26)(H2,23,24,25,27). The molecule has 0 saturated heterocycles. The van der Waals surface area contributed by atoms with Gasteiger partial charge in [-0.3, -0.25) is 14.7 Å². The van der Waals surface area contributed by atoms with E-state index in [2.05, 4.69) is 25.6 Å². The molecule has 1 heterocycles. The number of rotatable bonds is 4. The lowest BCUT2D eigenvalue weighted by molar-refractivity contribution is -0.133. The van der Waals surface area contributed by atoms with Crippen molar-refractivity contribution in [1.82, 2.24) is 10.2 Å². The zero-order valence-corrected chi connectivity index (χ0v) is 16.2. The Bertz CT molecular complexity index is 1090. The van der Waals surface area contributed by atoms with Gasteiger partial charge in [0.1, 0.15) is 0 Å². The van der Waals surface area contributed by atoms with Crippen molar-refractivity contribution >= 4 is 29.3 Å². The van der Waals surface area contributed by atoms with Gasteiger partial charge in [-0.1, -0.05) is 24.3 Å². The molecule has 148 valence electrons. The summed E-state index contributed by atoms with van der Waals surface area (Å²) in [5, 5.41) is 11.8. The van der Waals surface area contributed by atoms with Crippen LogP contribution in [0, 0.1) is 13.8 Å². The van der Waals surface area contributed by atoms with E-state index in [1.807, 2.05) is 31.2 Å². The van der Waals surface area contributed by atoms with Crippen molar-refractivity contribution in [3.63, 3.8) is 0 Å². The van der Waals surface area contributed by atoms with Crippen LogP contribution < -0.4 is 10.6 Å². The van der Waals surface area contributed by atoms with Crippen molar-refractivity contribution in [3.8, 4) is 11.3 Å². The van der Waals surface area contributed by atoms with Crippen molar-refractivity contribution in [2.45, 2.75) is 13.8 Å². The first-order valence-electron chi connectivity index (χ1n) is 8.81. The summed E-state index contributed by atoms with van der Waals surface area (Å²) in [6.45, 7) is 3.67. The Balaban J connectivity index is 1.66. The summed E-state index contributed by atoms with van der Waals surface area (Å²) in [6.07, 6.45) is 0. The van der Waals surface area contributed by atoms with E-state index in [9.17, 15) is 14.4 Å². The maximum atomic E-state index is 12.2. The third kappa shape index (κ3) is 4.49. The van der Waals surface area contributed by atoms with E-state index in [1.54, 1.807) is 19.1 Å². The summed E-state index contributed by atoms with van der Waals surface area (Å²) in [5.74, 6) is -1.94. The number of nitrogens with one attached hydrogen (secondary N) is 3. The normalized spacial score (nSPS) is 10.3. The van der Waals surface area contributed by atoms with Gasteiger partial charge in [-0.05, 0) is 43.2 Å². The zero-order valence-electron chi connectivity index (χ0n) is 16.2. The molecular formula is C21H20N4O4. The molecule has 3 aromatic rings. The highest BCUT2D eigenvalue weighted by atomic mass is 16.5. The Morgan fingerprint density at radius 3 is 2.34 bits per heavy atom. The number of esters is 1. The number of aryl methyl sites for hydroxylation is 2. The van der Waals surface area contributed by atoms with Crippen LogP contribution >= 0.6 is 0 Å². The van der Waals surface area contributed by atoms with E-state index in [4.69, 9.17) is 0 Å². The number of hydrogen-bond donors (Lipinski definition) is 3. The number of carbonyl (C=O) groups is 3. The van der Waals surface area contributed by atoms with E-state index >= 15 is 0 Å². The third-order valence-corrected chi connectivity index (χ3v) is 4.35. The fraction of sp³-hybridized carbons (Fsp3) is 0.143. The molecule has 8 nitrogen and oxygen atoms in total. The molecule has 0 spiro atoms. The molecule has 3 rings (SSSR count). The number of hydrogen-bond acceptors (Lipinski definition) is 5. The van der Waals surface area contributed by atoms with Crippen LogP contribution in [0.1, 0.15) is 21.5 Å². The maximum Gasteiger partial charge on any atom is 0.338 e. The first-order chi connectivity index (χ1) is 13.9. The summed E-state index contributed by atoms with van der Waals surface area (Å²) in [5.41, 5.74) is 4.12. The van der Waals surface area contributed by atoms with E-state index in [-0.39, 0.29) is 5.82 Å². The van der Waals surface area contributed by atoms with E-state index in [1.165, 1.54) is 19.2 Å². The minimum Gasteiger partial charge on any atom is -0.465 e. The average molecular weight is 392 g/mol. The Kier molecular flexibility index (Phi) is 5.73. The van der Waals surface area contributed by atoms with Crippen LogP contribution in [0.4, 0.5) is 11.5 Å². The van der Waals surface area contributed by atoms with Crippen LogP contribution in [-0.4, -0.2) is 35.1 Å². The highest BCUT2D eigenvalue weighted by Crippen LogP contribution is 2.23. The van der Waals surface area contributed by atoms with Gasteiger partial charge in [-0.25, -0.2) is 4.79 Å². The largest absolute Gasteiger partial charge is 0.465 e. The van der Waals surface area contributed by atoms with Gasteiger partial charge in [0.25, 0.3) is 0 Å². The maximum absolute atomic E-state index is 12.2. The van der Waals surface area contributed by atoms with Crippen LogP contribution in [-0.2, 0) is 14.3 Å². The number of aromatic nitrogens is 2. The number of nitrogens with zero attached hydrogens (tertiary/aromatic N) is 1. The highest BCUT2D eigenvalue weighted by molar-refractivity contribution is 6.43. The van der Waals surface area contributed by atoms with Crippen LogP contribution in [0.25, 0.3) is 11.3 Å². The molecule has 0 aliphatic rings. The first kappa shape index (κ1) is 19.8. The molecule has 29 heavy (non-hydrogen) atoms. The van der Waals surface area contributed by atoms with Crippen LogP contribution in [0.2, 0.25) is 0 Å². The summed E-state index contributed by atoms with van der Waals surface area (Å²) in [4.78, 5) is 36.0. The van der Waals surface area contributed by atoms with Gasteiger partial charge in [0.05, 0.1) is 18.4 Å². The van der Waals surface area contributed by atoms with Crippen molar-refractivity contribution < 1.29 is 19.1 Å². The molecule has 0 aliphatic heterocycles. The number of ether oxygens (including phenoxy) is 1. The minimum atomic E-state index is -0.859. The quantitative estimate of drug-likeness (QED) is 0.466. The van der Waals surface area contributed by atoms with Crippen molar-refractivity contribution in [2.75, 3.05) is 17.7 Å². The predicted molar refractivity (Wildman–Crippen MR) is 109 cm³/mol. The third-order valence-electron chi connectivity index (χ3n) is 4.35. The monoisotopic (exact) mass is 392 g/mol. The molecule has 0 atom stereocenters. The average Bonchev–Trinajstić information content (AvgIpc) is 3.16. The smallest absolute Gasteiger partial charge is 0.338 e. The second-order valence-electron chi connectivity index (χ2n) is 6.41. The number of carbonyl (C=O) groups excluding carboxylic acids is 3. The molecule has 0 saturated carbocycles. The summed E-state index contributed by atoms with van der Waals surface area (Å²) >= 11 is 0. The minimum absolute atomic E-state index is 0.237. The fourth-order valence-corrected chi connectivity index (χ4v) is 2.84. The van der Waals surface area contributed by atoms with Crippen molar-refractivity contribution in [3.05, 3.63) is 65.2 Å². The molecule has 0 aliphatic carbocycles. The second kappa shape index (κ2) is 8.39. The Morgan fingerprint density at radius 2 is 1.66 bits per heavy atom. The topological polar surface area (TPSA) is 113 Å². The van der Waals surface area contributed by atoms with E-state index in [0.29, 0.717) is 16.8 Å². The number of H-pyrrole nitrogens is 1. The molecule has 3 N–H and O–H groups in total. The molecule has 0 radical (unpaired) electrons. The van der Waals surface area contributed by atoms with Gasteiger partial charge in [0.15, 0.2) is 5.82 Å². The molecule has 0 unspecified atom stereocenters. The van der Waals surface area contributed by atoms with E-state index in [0.717, 1.165) is 16.8 Å². The summed E-state index contributed by atoms with van der Waals surface area (Å²) < 4.78 is 4.68. The van der Waals surface area contributed by atoms with Gasteiger partial charge in [0.2, 0.25) is 0 Å². The van der Waals surface area contributed by atoms with Gasteiger partial charge in [-0.2, -0.15) is 5.10 Å². The predicted octanol–water partition coefficient (Wildman–Crippen LogP) is 3.06. The number of amides is 2. The zero-order chi connectivity index (χ0) is 21.0. The lowest BCUT2D eigenvalue weighted by atomic mass is 10.1. The Hall–Kier alpha value is -3.94. The lowest BCUT2D eigenvalue weighted by Gasteiger charge is -2.08. The van der Waals surface area contributed by atoms with Gasteiger partial charge in [0, 0.05) is 17.3 Å². The molecule has 8 heteroatoms.